The molecule has 1 aromatic heterocycles. The van der Waals surface area contributed by atoms with Gasteiger partial charge in [-0.15, -0.1) is 0 Å². The Bertz CT molecular complexity index is 556. The third-order valence-corrected chi connectivity index (χ3v) is 3.55. The number of aryl methyl sites for hydroxylation is 1. The standard InChI is InChI=1S/C15H23N3O5/c1-15(2,3)22-14(21)18-8-6-10(7-9-18)13-16-11(23-17-13)4-5-12(19)20/h10H,4-9H2,1-3H3,(H,19,20). The molecule has 1 amide bonds. The smallest absolute Gasteiger partial charge is 0.410 e. The summed E-state index contributed by atoms with van der Waals surface area (Å²) in [5.41, 5.74) is -0.499. The van der Waals surface area contributed by atoms with Crippen molar-refractivity contribution in [3.05, 3.63) is 11.7 Å². The Morgan fingerprint density at radius 1 is 1.35 bits per heavy atom. The lowest BCUT2D eigenvalue weighted by molar-refractivity contribution is -0.137. The third kappa shape index (κ3) is 5.22. The summed E-state index contributed by atoms with van der Waals surface area (Å²) in [6.45, 7) is 6.69. The van der Waals surface area contributed by atoms with E-state index in [-0.39, 0.29) is 24.9 Å². The van der Waals surface area contributed by atoms with Crippen molar-refractivity contribution < 1.29 is 24.0 Å². The topological polar surface area (TPSA) is 106 Å². The van der Waals surface area contributed by atoms with Gasteiger partial charge in [-0.2, -0.15) is 4.98 Å². The molecule has 2 heterocycles. The lowest BCUT2D eigenvalue weighted by Gasteiger charge is -2.32. The minimum Gasteiger partial charge on any atom is -0.481 e. The second-order valence-electron chi connectivity index (χ2n) is 6.68. The van der Waals surface area contributed by atoms with Gasteiger partial charge < -0.3 is 19.3 Å². The molecule has 0 spiro atoms. The second kappa shape index (κ2) is 6.97. The molecule has 23 heavy (non-hydrogen) atoms. The molecule has 1 N–H and O–H groups in total. The lowest BCUT2D eigenvalue weighted by atomic mass is 9.96. The average Bonchev–Trinajstić information content (AvgIpc) is 2.92. The number of nitrogens with zero attached hydrogens (tertiary/aromatic N) is 3. The van der Waals surface area contributed by atoms with Gasteiger partial charge in [-0.25, -0.2) is 4.79 Å². The fourth-order valence-corrected chi connectivity index (χ4v) is 2.40. The van der Waals surface area contributed by atoms with Gasteiger partial charge in [0.05, 0.1) is 6.42 Å². The Morgan fingerprint density at radius 2 is 2.00 bits per heavy atom. The molecule has 1 aliphatic heterocycles. The van der Waals surface area contributed by atoms with E-state index in [1.54, 1.807) is 4.90 Å². The number of carboxylic acid groups (broad SMARTS) is 1. The van der Waals surface area contributed by atoms with Crippen LogP contribution in [0, 0.1) is 0 Å². The molecule has 2 rings (SSSR count). The minimum absolute atomic E-state index is 0.0290. The molecule has 0 aromatic carbocycles. The van der Waals surface area contributed by atoms with Gasteiger partial charge >= 0.3 is 12.1 Å². The van der Waals surface area contributed by atoms with Gasteiger partial charge in [0.25, 0.3) is 0 Å². The van der Waals surface area contributed by atoms with Crippen molar-refractivity contribution in [1.82, 2.24) is 15.0 Å². The van der Waals surface area contributed by atoms with Gasteiger partial charge in [0, 0.05) is 25.4 Å². The highest BCUT2D eigenvalue weighted by Crippen LogP contribution is 2.27. The first kappa shape index (κ1) is 17.2. The van der Waals surface area contributed by atoms with Crippen LogP contribution in [0.3, 0.4) is 0 Å². The van der Waals surface area contributed by atoms with E-state index in [1.165, 1.54) is 0 Å². The zero-order valence-electron chi connectivity index (χ0n) is 13.7. The van der Waals surface area contributed by atoms with Crippen molar-refractivity contribution >= 4 is 12.1 Å². The third-order valence-electron chi connectivity index (χ3n) is 3.55. The number of amides is 1. The van der Waals surface area contributed by atoms with E-state index >= 15 is 0 Å². The molecule has 1 aliphatic rings. The molecule has 0 atom stereocenters. The molecule has 8 nitrogen and oxygen atoms in total. The highest BCUT2D eigenvalue weighted by atomic mass is 16.6. The van der Waals surface area contributed by atoms with Gasteiger partial charge in [-0.05, 0) is 33.6 Å². The maximum Gasteiger partial charge on any atom is 0.410 e. The number of aliphatic carboxylic acids is 1. The van der Waals surface area contributed by atoms with Crippen LogP contribution in [0.1, 0.15) is 57.7 Å². The Labute approximate surface area is 134 Å². The molecular weight excluding hydrogens is 302 g/mol. The van der Waals surface area contributed by atoms with Gasteiger partial charge in [-0.1, -0.05) is 5.16 Å². The number of carbonyl (C=O) groups is 2. The number of likely N-dealkylation sites (tertiary alicyclic amines) is 1. The van der Waals surface area contributed by atoms with Crippen LogP contribution in [0.2, 0.25) is 0 Å². The van der Waals surface area contributed by atoms with Crippen molar-refractivity contribution in [1.29, 1.82) is 0 Å². The van der Waals surface area contributed by atoms with Crippen molar-refractivity contribution in [2.45, 2.75) is 58.0 Å². The predicted octanol–water partition coefficient (Wildman–Crippen LogP) is 2.20. The van der Waals surface area contributed by atoms with E-state index in [9.17, 15) is 9.59 Å². The monoisotopic (exact) mass is 325 g/mol. The predicted molar refractivity (Wildman–Crippen MR) is 80.0 cm³/mol. The van der Waals surface area contributed by atoms with E-state index in [4.69, 9.17) is 14.4 Å². The maximum absolute atomic E-state index is 12.0. The summed E-state index contributed by atoms with van der Waals surface area (Å²) < 4.78 is 10.4. The molecule has 128 valence electrons. The van der Waals surface area contributed by atoms with Crippen LogP contribution in [-0.2, 0) is 16.0 Å². The normalized spacial score (nSPS) is 16.4. The van der Waals surface area contributed by atoms with Gasteiger partial charge in [0.15, 0.2) is 5.82 Å². The summed E-state index contributed by atoms with van der Waals surface area (Å²) in [6.07, 6.45) is 1.37. The van der Waals surface area contributed by atoms with Crippen LogP contribution < -0.4 is 0 Å². The van der Waals surface area contributed by atoms with Crippen molar-refractivity contribution in [3.8, 4) is 0 Å². The van der Waals surface area contributed by atoms with E-state index in [0.29, 0.717) is 24.8 Å². The molecule has 1 saturated heterocycles. The number of ether oxygens (including phenoxy) is 1. The Kier molecular flexibility index (Phi) is 5.23. The van der Waals surface area contributed by atoms with E-state index in [0.717, 1.165) is 12.8 Å². The first-order valence-corrected chi connectivity index (χ1v) is 7.77. The van der Waals surface area contributed by atoms with Crippen LogP contribution in [0.15, 0.2) is 4.52 Å². The van der Waals surface area contributed by atoms with Gasteiger partial charge in [0.2, 0.25) is 5.89 Å². The van der Waals surface area contributed by atoms with Crippen LogP contribution in [0.5, 0.6) is 0 Å². The van der Waals surface area contributed by atoms with E-state index in [1.807, 2.05) is 20.8 Å². The Morgan fingerprint density at radius 3 is 2.57 bits per heavy atom. The molecule has 8 heteroatoms. The molecule has 1 aromatic rings. The highest BCUT2D eigenvalue weighted by molar-refractivity contribution is 5.68. The first-order valence-electron chi connectivity index (χ1n) is 7.77. The van der Waals surface area contributed by atoms with Gasteiger partial charge in [0.1, 0.15) is 5.60 Å². The van der Waals surface area contributed by atoms with Crippen molar-refractivity contribution in [3.63, 3.8) is 0 Å². The fraction of sp³-hybridized carbons (Fsp3) is 0.733. The molecule has 0 unspecified atom stereocenters. The van der Waals surface area contributed by atoms with Crippen LogP contribution in [0.4, 0.5) is 4.79 Å². The summed E-state index contributed by atoms with van der Waals surface area (Å²) in [5, 5.41) is 12.6. The molecule has 0 aliphatic carbocycles. The fourth-order valence-electron chi connectivity index (χ4n) is 2.40. The Balaban J connectivity index is 1.84. The summed E-state index contributed by atoms with van der Waals surface area (Å²) >= 11 is 0. The van der Waals surface area contributed by atoms with Crippen LogP contribution in [-0.4, -0.2) is 50.9 Å². The highest BCUT2D eigenvalue weighted by Gasteiger charge is 2.29. The molecule has 0 radical (unpaired) electrons. The number of carbonyl (C=O) groups excluding carboxylic acids is 1. The number of piperidine rings is 1. The number of carboxylic acids is 1. The number of rotatable bonds is 4. The summed E-state index contributed by atoms with van der Waals surface area (Å²) in [6, 6.07) is 0. The number of aromatic nitrogens is 2. The molecule has 0 bridgehead atoms. The maximum atomic E-state index is 12.0. The second-order valence-corrected chi connectivity index (χ2v) is 6.68. The van der Waals surface area contributed by atoms with Crippen LogP contribution >= 0.6 is 0 Å². The molecular formula is C15H23N3O5. The van der Waals surface area contributed by atoms with E-state index in [2.05, 4.69) is 10.1 Å². The first-order chi connectivity index (χ1) is 10.7. The minimum atomic E-state index is -0.893. The number of hydrogen-bond donors (Lipinski definition) is 1. The van der Waals surface area contributed by atoms with Crippen LogP contribution in [0.25, 0.3) is 0 Å². The largest absolute Gasteiger partial charge is 0.481 e. The van der Waals surface area contributed by atoms with Crippen molar-refractivity contribution in [2.75, 3.05) is 13.1 Å². The Hall–Kier alpha value is -2.12. The summed E-state index contributed by atoms with van der Waals surface area (Å²) in [7, 11) is 0. The molecule has 0 saturated carbocycles. The van der Waals surface area contributed by atoms with E-state index < -0.39 is 11.6 Å². The molecule has 1 fully saturated rings. The average molecular weight is 325 g/mol. The van der Waals surface area contributed by atoms with Gasteiger partial charge in [-0.3, -0.25) is 4.79 Å². The summed E-state index contributed by atoms with van der Waals surface area (Å²) in [4.78, 5) is 28.5. The zero-order chi connectivity index (χ0) is 17.0. The zero-order valence-corrected chi connectivity index (χ0v) is 13.7. The summed E-state index contributed by atoms with van der Waals surface area (Å²) in [5.74, 6) is 0.164. The lowest BCUT2D eigenvalue weighted by Crippen LogP contribution is -2.41. The quantitative estimate of drug-likeness (QED) is 0.904. The SMILES string of the molecule is CC(C)(C)OC(=O)N1CCC(c2noc(CCC(=O)O)n2)CC1. The van der Waals surface area contributed by atoms with Crippen molar-refractivity contribution in [2.24, 2.45) is 0 Å². The number of hydrogen-bond acceptors (Lipinski definition) is 6.